The van der Waals surface area contributed by atoms with Crippen molar-refractivity contribution in [1.82, 2.24) is 4.90 Å². The van der Waals surface area contributed by atoms with Crippen LogP contribution in [0.2, 0.25) is 5.02 Å². The van der Waals surface area contributed by atoms with Crippen LogP contribution in [0.3, 0.4) is 0 Å². The highest BCUT2D eigenvalue weighted by molar-refractivity contribution is 6.31. The Balaban J connectivity index is 1.58. The summed E-state index contributed by atoms with van der Waals surface area (Å²) in [5, 5.41) is 0.635. The van der Waals surface area contributed by atoms with E-state index in [1.54, 1.807) is 12.1 Å². The van der Waals surface area contributed by atoms with E-state index in [0.717, 1.165) is 24.3 Å². The van der Waals surface area contributed by atoms with E-state index in [1.807, 2.05) is 53.4 Å². The van der Waals surface area contributed by atoms with Gasteiger partial charge in [0.1, 0.15) is 0 Å². The van der Waals surface area contributed by atoms with Gasteiger partial charge in [-0.2, -0.15) is 0 Å². The lowest BCUT2D eigenvalue weighted by atomic mass is 10.2. The molecule has 1 fully saturated rings. The second kappa shape index (κ2) is 7.41. The Bertz CT molecular complexity index is 738. The summed E-state index contributed by atoms with van der Waals surface area (Å²) in [6.07, 6.45) is 3.49. The molecule has 0 radical (unpaired) electrons. The van der Waals surface area contributed by atoms with Gasteiger partial charge in [0.15, 0.2) is 0 Å². The van der Waals surface area contributed by atoms with Gasteiger partial charge in [-0.15, -0.1) is 0 Å². The average molecular weight is 342 g/mol. The van der Waals surface area contributed by atoms with Crippen molar-refractivity contribution < 1.29 is 4.79 Å². The first kappa shape index (κ1) is 16.4. The zero-order valence-corrected chi connectivity index (χ0v) is 14.1. The number of benzene rings is 2. The third-order valence-corrected chi connectivity index (χ3v) is 4.37. The molecule has 1 heterocycles. The molecule has 0 atom stereocenters. The molecule has 0 aliphatic carbocycles. The minimum atomic E-state index is 0.0441. The van der Waals surface area contributed by atoms with E-state index in [4.69, 9.17) is 17.3 Å². The largest absolute Gasteiger partial charge is 0.397 e. The first-order valence-electron chi connectivity index (χ1n) is 7.95. The predicted molar refractivity (Wildman–Crippen MR) is 100 cm³/mol. The van der Waals surface area contributed by atoms with E-state index in [9.17, 15) is 4.79 Å². The van der Waals surface area contributed by atoms with Crippen molar-refractivity contribution in [2.24, 2.45) is 0 Å². The fourth-order valence-electron chi connectivity index (χ4n) is 2.82. The lowest BCUT2D eigenvalue weighted by Crippen LogP contribution is -2.48. The molecule has 2 aromatic rings. The zero-order valence-electron chi connectivity index (χ0n) is 13.4. The highest BCUT2D eigenvalue weighted by Gasteiger charge is 2.21. The number of hydrogen-bond donors (Lipinski definition) is 1. The normalized spacial score (nSPS) is 15.0. The summed E-state index contributed by atoms with van der Waals surface area (Å²) in [5.41, 5.74) is 8.72. The minimum Gasteiger partial charge on any atom is -0.397 e. The second-order valence-corrected chi connectivity index (χ2v) is 6.20. The van der Waals surface area contributed by atoms with Crippen molar-refractivity contribution in [3.8, 4) is 0 Å². The van der Waals surface area contributed by atoms with Crippen LogP contribution in [0.15, 0.2) is 54.6 Å². The summed E-state index contributed by atoms with van der Waals surface area (Å²) in [6.45, 7) is 2.88. The summed E-state index contributed by atoms with van der Waals surface area (Å²) < 4.78 is 0. The summed E-state index contributed by atoms with van der Waals surface area (Å²) in [7, 11) is 0. The molecule has 0 bridgehead atoms. The Morgan fingerprint density at radius 3 is 2.42 bits per heavy atom. The number of carbonyl (C=O) groups is 1. The van der Waals surface area contributed by atoms with Gasteiger partial charge in [-0.05, 0) is 29.8 Å². The van der Waals surface area contributed by atoms with Gasteiger partial charge in [-0.25, -0.2) is 0 Å². The Kier molecular flexibility index (Phi) is 5.06. The summed E-state index contributed by atoms with van der Waals surface area (Å²) in [4.78, 5) is 16.4. The third-order valence-electron chi connectivity index (χ3n) is 4.14. The van der Waals surface area contributed by atoms with Crippen molar-refractivity contribution in [3.05, 3.63) is 65.2 Å². The number of hydrogen-bond acceptors (Lipinski definition) is 3. The maximum atomic E-state index is 12.3. The maximum absolute atomic E-state index is 12.3. The van der Waals surface area contributed by atoms with Gasteiger partial charge in [0.05, 0.1) is 11.4 Å². The molecule has 2 N–H and O–H groups in total. The van der Waals surface area contributed by atoms with Crippen LogP contribution in [-0.2, 0) is 4.79 Å². The highest BCUT2D eigenvalue weighted by Crippen LogP contribution is 2.27. The van der Waals surface area contributed by atoms with Gasteiger partial charge in [-0.1, -0.05) is 41.9 Å². The molecule has 1 aliphatic heterocycles. The standard InChI is InChI=1S/C19H20ClN3O/c20-16-7-8-18(17(21)14-16)22-10-12-23(13-11-22)19(24)9-6-15-4-2-1-3-5-15/h1-9,14H,10-13,21H2/b9-6-. The van der Waals surface area contributed by atoms with Crippen LogP contribution in [0, 0.1) is 0 Å². The van der Waals surface area contributed by atoms with Crippen LogP contribution < -0.4 is 10.6 Å². The smallest absolute Gasteiger partial charge is 0.246 e. The topological polar surface area (TPSA) is 49.6 Å². The molecule has 1 amide bonds. The van der Waals surface area contributed by atoms with Crippen molar-refractivity contribution in [2.45, 2.75) is 0 Å². The SMILES string of the molecule is Nc1cc(Cl)ccc1N1CCN(C(=O)/C=C\c2ccccc2)CC1. The summed E-state index contributed by atoms with van der Waals surface area (Å²) >= 11 is 5.95. The maximum Gasteiger partial charge on any atom is 0.246 e. The number of nitrogens with zero attached hydrogens (tertiary/aromatic N) is 2. The molecule has 1 saturated heterocycles. The van der Waals surface area contributed by atoms with Gasteiger partial charge in [-0.3, -0.25) is 4.79 Å². The molecule has 3 rings (SSSR count). The zero-order chi connectivity index (χ0) is 16.9. The number of carbonyl (C=O) groups excluding carboxylic acids is 1. The monoisotopic (exact) mass is 341 g/mol. The van der Waals surface area contributed by atoms with Gasteiger partial charge in [0.2, 0.25) is 5.91 Å². The number of halogens is 1. The number of piperazine rings is 1. The predicted octanol–water partition coefficient (Wildman–Crippen LogP) is 3.28. The molecule has 1 aliphatic rings. The Morgan fingerprint density at radius 1 is 1.04 bits per heavy atom. The van der Waals surface area contributed by atoms with E-state index >= 15 is 0 Å². The number of nitrogens with two attached hydrogens (primary N) is 1. The first-order chi connectivity index (χ1) is 11.6. The van der Waals surface area contributed by atoms with Crippen LogP contribution in [0.5, 0.6) is 0 Å². The van der Waals surface area contributed by atoms with Crippen LogP contribution in [-0.4, -0.2) is 37.0 Å². The lowest BCUT2D eigenvalue weighted by Gasteiger charge is -2.36. The summed E-state index contributed by atoms with van der Waals surface area (Å²) in [6, 6.07) is 15.4. The average Bonchev–Trinajstić information content (AvgIpc) is 2.61. The van der Waals surface area contributed by atoms with E-state index < -0.39 is 0 Å². The van der Waals surface area contributed by atoms with Crippen LogP contribution in [0.25, 0.3) is 6.08 Å². The quantitative estimate of drug-likeness (QED) is 0.688. The number of rotatable bonds is 3. The van der Waals surface area contributed by atoms with Gasteiger partial charge in [0, 0.05) is 37.3 Å². The van der Waals surface area contributed by atoms with E-state index in [2.05, 4.69) is 4.90 Å². The molecule has 124 valence electrons. The van der Waals surface area contributed by atoms with E-state index in [-0.39, 0.29) is 5.91 Å². The molecular formula is C19H20ClN3O. The van der Waals surface area contributed by atoms with Crippen molar-refractivity contribution >= 4 is 35.0 Å². The molecule has 24 heavy (non-hydrogen) atoms. The van der Waals surface area contributed by atoms with Crippen molar-refractivity contribution in [2.75, 3.05) is 36.8 Å². The molecule has 0 saturated carbocycles. The Morgan fingerprint density at radius 2 is 1.75 bits per heavy atom. The molecule has 5 heteroatoms. The van der Waals surface area contributed by atoms with Crippen LogP contribution >= 0.6 is 11.6 Å². The lowest BCUT2D eigenvalue weighted by molar-refractivity contribution is -0.126. The van der Waals surface area contributed by atoms with Gasteiger partial charge >= 0.3 is 0 Å². The van der Waals surface area contributed by atoms with E-state index in [0.29, 0.717) is 23.8 Å². The number of amides is 1. The fourth-order valence-corrected chi connectivity index (χ4v) is 3.00. The Hall–Kier alpha value is -2.46. The third kappa shape index (κ3) is 3.89. The van der Waals surface area contributed by atoms with Gasteiger partial charge in [0.25, 0.3) is 0 Å². The first-order valence-corrected chi connectivity index (χ1v) is 8.33. The molecule has 4 nitrogen and oxygen atoms in total. The fraction of sp³-hybridized carbons (Fsp3) is 0.211. The van der Waals surface area contributed by atoms with Gasteiger partial charge < -0.3 is 15.5 Å². The van der Waals surface area contributed by atoms with Crippen molar-refractivity contribution in [1.29, 1.82) is 0 Å². The minimum absolute atomic E-state index is 0.0441. The molecule has 0 spiro atoms. The number of nitrogen functional groups attached to an aromatic ring is 1. The Labute approximate surface area is 147 Å². The highest BCUT2D eigenvalue weighted by atomic mass is 35.5. The number of anilines is 2. The molecule has 0 unspecified atom stereocenters. The van der Waals surface area contributed by atoms with Crippen LogP contribution in [0.4, 0.5) is 11.4 Å². The second-order valence-electron chi connectivity index (χ2n) is 5.76. The molecule has 0 aromatic heterocycles. The van der Waals surface area contributed by atoms with E-state index in [1.165, 1.54) is 0 Å². The van der Waals surface area contributed by atoms with Crippen molar-refractivity contribution in [3.63, 3.8) is 0 Å². The summed E-state index contributed by atoms with van der Waals surface area (Å²) in [5.74, 6) is 0.0441. The molecular weight excluding hydrogens is 322 g/mol. The van der Waals surface area contributed by atoms with Crippen LogP contribution in [0.1, 0.15) is 5.56 Å². The molecule has 2 aromatic carbocycles.